The second kappa shape index (κ2) is 2.98. The SMILES string of the molecule is CC(CO)C1(C)CC(C)(C)OO1. The molecule has 0 aromatic heterocycles. The third-order valence-corrected chi connectivity index (χ3v) is 2.55. The van der Waals surface area contributed by atoms with Crippen molar-refractivity contribution in [3.8, 4) is 0 Å². The summed E-state index contributed by atoms with van der Waals surface area (Å²) in [4.78, 5) is 10.4. The highest BCUT2D eigenvalue weighted by Crippen LogP contribution is 2.39. The fourth-order valence-electron chi connectivity index (χ4n) is 1.56. The van der Waals surface area contributed by atoms with Gasteiger partial charge in [0.25, 0.3) is 0 Å². The van der Waals surface area contributed by atoms with Crippen LogP contribution in [-0.2, 0) is 9.78 Å². The van der Waals surface area contributed by atoms with Crippen LogP contribution in [0.4, 0.5) is 0 Å². The van der Waals surface area contributed by atoms with E-state index in [4.69, 9.17) is 14.9 Å². The molecule has 2 unspecified atom stereocenters. The largest absolute Gasteiger partial charge is 0.396 e. The second-order valence-electron chi connectivity index (χ2n) is 4.50. The molecular formula is C9H18O3. The van der Waals surface area contributed by atoms with Crippen molar-refractivity contribution in [2.45, 2.75) is 45.3 Å². The van der Waals surface area contributed by atoms with Crippen molar-refractivity contribution in [1.29, 1.82) is 0 Å². The fourth-order valence-corrected chi connectivity index (χ4v) is 1.56. The molecule has 1 fully saturated rings. The van der Waals surface area contributed by atoms with E-state index in [1.165, 1.54) is 0 Å². The lowest BCUT2D eigenvalue weighted by Gasteiger charge is -2.26. The quantitative estimate of drug-likeness (QED) is 0.645. The predicted octanol–water partition coefficient (Wildman–Crippen LogP) is 1.50. The summed E-state index contributed by atoms with van der Waals surface area (Å²) in [5.74, 6) is 0.110. The Kier molecular flexibility index (Phi) is 2.47. The minimum absolute atomic E-state index is 0.110. The van der Waals surface area contributed by atoms with Gasteiger partial charge in [0.2, 0.25) is 0 Å². The van der Waals surface area contributed by atoms with Crippen LogP contribution in [0.1, 0.15) is 34.1 Å². The summed E-state index contributed by atoms with van der Waals surface area (Å²) in [5, 5.41) is 9.00. The van der Waals surface area contributed by atoms with Crippen LogP contribution in [-0.4, -0.2) is 22.9 Å². The van der Waals surface area contributed by atoms with Gasteiger partial charge in [0.05, 0.1) is 0 Å². The molecule has 0 amide bonds. The molecule has 1 N–H and O–H groups in total. The van der Waals surface area contributed by atoms with Crippen LogP contribution >= 0.6 is 0 Å². The molecule has 0 radical (unpaired) electrons. The second-order valence-corrected chi connectivity index (χ2v) is 4.50. The van der Waals surface area contributed by atoms with Crippen LogP contribution in [0.2, 0.25) is 0 Å². The standard InChI is InChI=1S/C9H18O3/c1-7(5-10)9(4)6-8(2,3)11-12-9/h7,10H,5-6H2,1-4H3. The first-order chi connectivity index (χ1) is 5.40. The monoisotopic (exact) mass is 174 g/mol. The van der Waals surface area contributed by atoms with E-state index in [0.717, 1.165) is 6.42 Å². The van der Waals surface area contributed by atoms with E-state index in [0.29, 0.717) is 0 Å². The van der Waals surface area contributed by atoms with E-state index in [9.17, 15) is 0 Å². The lowest BCUT2D eigenvalue weighted by Crippen LogP contribution is -2.35. The first-order valence-corrected chi connectivity index (χ1v) is 4.37. The average Bonchev–Trinajstić information content (AvgIpc) is 2.25. The van der Waals surface area contributed by atoms with E-state index in [-0.39, 0.29) is 23.7 Å². The van der Waals surface area contributed by atoms with Gasteiger partial charge in [0.1, 0.15) is 11.2 Å². The molecule has 0 saturated carbocycles. The van der Waals surface area contributed by atoms with Crippen molar-refractivity contribution in [2.75, 3.05) is 6.61 Å². The molecule has 72 valence electrons. The summed E-state index contributed by atoms with van der Waals surface area (Å²) in [7, 11) is 0. The van der Waals surface area contributed by atoms with Crippen molar-refractivity contribution >= 4 is 0 Å². The number of aliphatic hydroxyl groups is 1. The zero-order valence-corrected chi connectivity index (χ0v) is 8.26. The van der Waals surface area contributed by atoms with Gasteiger partial charge in [-0.3, -0.25) is 0 Å². The van der Waals surface area contributed by atoms with E-state index in [1.54, 1.807) is 0 Å². The first kappa shape index (κ1) is 9.96. The average molecular weight is 174 g/mol. The molecule has 1 aliphatic rings. The van der Waals surface area contributed by atoms with Crippen LogP contribution in [0.25, 0.3) is 0 Å². The molecule has 1 heterocycles. The summed E-state index contributed by atoms with van der Waals surface area (Å²) >= 11 is 0. The van der Waals surface area contributed by atoms with E-state index in [1.807, 2.05) is 27.7 Å². The van der Waals surface area contributed by atoms with Gasteiger partial charge < -0.3 is 5.11 Å². The van der Waals surface area contributed by atoms with Crippen LogP contribution in [0.15, 0.2) is 0 Å². The van der Waals surface area contributed by atoms with Gasteiger partial charge in [0, 0.05) is 18.9 Å². The summed E-state index contributed by atoms with van der Waals surface area (Å²) in [6.45, 7) is 8.05. The Morgan fingerprint density at radius 3 is 2.25 bits per heavy atom. The molecule has 1 rings (SSSR count). The number of rotatable bonds is 2. The van der Waals surface area contributed by atoms with Crippen LogP contribution < -0.4 is 0 Å². The van der Waals surface area contributed by atoms with Crippen molar-refractivity contribution in [3.63, 3.8) is 0 Å². The summed E-state index contributed by atoms with van der Waals surface area (Å²) in [6.07, 6.45) is 0.821. The Morgan fingerprint density at radius 2 is 1.92 bits per heavy atom. The van der Waals surface area contributed by atoms with Crippen molar-refractivity contribution < 1.29 is 14.9 Å². The summed E-state index contributed by atoms with van der Waals surface area (Å²) < 4.78 is 0. The number of hydrogen-bond donors (Lipinski definition) is 1. The molecule has 3 heteroatoms. The normalized spacial score (nSPS) is 36.8. The molecule has 2 atom stereocenters. The highest BCUT2D eigenvalue weighted by molar-refractivity contribution is 4.90. The highest BCUT2D eigenvalue weighted by atomic mass is 17.2. The Bertz CT molecular complexity index is 167. The molecule has 0 aromatic rings. The third-order valence-electron chi connectivity index (χ3n) is 2.55. The van der Waals surface area contributed by atoms with Gasteiger partial charge >= 0.3 is 0 Å². The topological polar surface area (TPSA) is 38.7 Å². The molecule has 0 aliphatic carbocycles. The molecule has 3 nitrogen and oxygen atoms in total. The Balaban J connectivity index is 2.64. The van der Waals surface area contributed by atoms with Gasteiger partial charge in [-0.25, -0.2) is 9.78 Å². The lowest BCUT2D eigenvalue weighted by atomic mass is 9.83. The zero-order valence-electron chi connectivity index (χ0n) is 8.26. The molecule has 0 aromatic carbocycles. The molecule has 1 saturated heterocycles. The smallest absolute Gasteiger partial charge is 0.108 e. The third kappa shape index (κ3) is 1.79. The highest BCUT2D eigenvalue weighted by Gasteiger charge is 2.46. The predicted molar refractivity (Wildman–Crippen MR) is 45.5 cm³/mol. The lowest BCUT2D eigenvalue weighted by molar-refractivity contribution is -0.349. The Morgan fingerprint density at radius 1 is 1.33 bits per heavy atom. The fraction of sp³-hybridized carbons (Fsp3) is 1.00. The Labute approximate surface area is 73.6 Å². The number of aliphatic hydroxyl groups excluding tert-OH is 1. The molecule has 12 heavy (non-hydrogen) atoms. The Hall–Kier alpha value is -0.120. The van der Waals surface area contributed by atoms with E-state index in [2.05, 4.69) is 0 Å². The minimum atomic E-state index is -0.335. The first-order valence-electron chi connectivity index (χ1n) is 4.37. The summed E-state index contributed by atoms with van der Waals surface area (Å²) in [5.41, 5.74) is -0.559. The maximum Gasteiger partial charge on any atom is 0.108 e. The van der Waals surface area contributed by atoms with Crippen LogP contribution in [0.3, 0.4) is 0 Å². The maximum atomic E-state index is 9.00. The van der Waals surface area contributed by atoms with Gasteiger partial charge in [-0.2, -0.15) is 0 Å². The van der Waals surface area contributed by atoms with Crippen LogP contribution in [0.5, 0.6) is 0 Å². The van der Waals surface area contributed by atoms with Crippen molar-refractivity contribution in [3.05, 3.63) is 0 Å². The van der Waals surface area contributed by atoms with E-state index < -0.39 is 0 Å². The molecule has 0 spiro atoms. The maximum absolute atomic E-state index is 9.00. The molecule has 1 aliphatic heterocycles. The van der Waals surface area contributed by atoms with Gasteiger partial charge in [-0.15, -0.1) is 0 Å². The van der Waals surface area contributed by atoms with Gasteiger partial charge in [-0.05, 0) is 20.8 Å². The van der Waals surface area contributed by atoms with Crippen molar-refractivity contribution in [2.24, 2.45) is 5.92 Å². The molecule has 0 bridgehead atoms. The van der Waals surface area contributed by atoms with Crippen LogP contribution in [0, 0.1) is 5.92 Å². The minimum Gasteiger partial charge on any atom is -0.396 e. The van der Waals surface area contributed by atoms with E-state index >= 15 is 0 Å². The van der Waals surface area contributed by atoms with Gasteiger partial charge in [-0.1, -0.05) is 6.92 Å². The van der Waals surface area contributed by atoms with Crippen molar-refractivity contribution in [1.82, 2.24) is 0 Å². The number of hydrogen-bond acceptors (Lipinski definition) is 3. The van der Waals surface area contributed by atoms with Gasteiger partial charge in [0.15, 0.2) is 0 Å². The molecular weight excluding hydrogens is 156 g/mol. The summed E-state index contributed by atoms with van der Waals surface area (Å²) in [6, 6.07) is 0. The zero-order chi connectivity index (χ0) is 9.41.